The van der Waals surface area contributed by atoms with Crippen molar-refractivity contribution in [1.82, 2.24) is 25.0 Å². The van der Waals surface area contributed by atoms with Crippen LogP contribution in [0.4, 0.5) is 18.9 Å². The normalized spacial score (nSPS) is 18.3. The zero-order valence-electron chi connectivity index (χ0n) is 19.0. The van der Waals surface area contributed by atoms with Gasteiger partial charge in [0.1, 0.15) is 18.1 Å². The Bertz CT molecular complexity index is 1290. The number of pyridine rings is 1. The molecule has 4 aromatic rings. The largest absolute Gasteiger partial charge is 0.451 e. The standard InChI is InChI=1S/C24H23F3N6O3/c25-24(26,27)14-35-17-6-4-16(5-7-17)33-13-19(22(32-33)18-3-1-2-10-28-18)31-23(34)21-9-8-20(36-21)15-11-29-30-12-15/h1-3,8-13,16-17H,4-7,14H2,(H,29,30)(H,31,34)/t16-,17-. The van der Waals surface area contributed by atoms with Crippen LogP contribution in [0.5, 0.6) is 0 Å². The molecule has 0 saturated heterocycles. The van der Waals surface area contributed by atoms with Gasteiger partial charge in [0, 0.05) is 18.6 Å². The van der Waals surface area contributed by atoms with Gasteiger partial charge in [-0.15, -0.1) is 0 Å². The molecule has 0 unspecified atom stereocenters. The fourth-order valence-electron chi connectivity index (χ4n) is 4.24. The van der Waals surface area contributed by atoms with Crippen LogP contribution < -0.4 is 5.32 Å². The maximum atomic E-state index is 13.0. The predicted octanol–water partition coefficient (Wildman–Crippen LogP) is 5.24. The quantitative estimate of drug-likeness (QED) is 0.359. The molecular weight excluding hydrogens is 477 g/mol. The molecule has 9 nitrogen and oxygen atoms in total. The fourth-order valence-corrected chi connectivity index (χ4v) is 4.24. The molecule has 0 spiro atoms. The summed E-state index contributed by atoms with van der Waals surface area (Å²) in [6.07, 6.45) is 4.02. The van der Waals surface area contributed by atoms with E-state index in [0.717, 1.165) is 0 Å². The number of furan rings is 1. The Morgan fingerprint density at radius 3 is 2.72 bits per heavy atom. The highest BCUT2D eigenvalue weighted by Gasteiger charge is 2.31. The summed E-state index contributed by atoms with van der Waals surface area (Å²) in [5.74, 6) is 0.165. The van der Waals surface area contributed by atoms with E-state index in [1.165, 1.54) is 0 Å². The summed E-state index contributed by atoms with van der Waals surface area (Å²) in [6.45, 7) is -1.24. The minimum absolute atomic E-state index is 0.0415. The number of halogens is 3. The van der Waals surface area contributed by atoms with E-state index in [2.05, 4.69) is 25.6 Å². The molecule has 188 valence electrons. The molecule has 1 aliphatic carbocycles. The summed E-state index contributed by atoms with van der Waals surface area (Å²) in [4.78, 5) is 17.3. The molecule has 0 atom stereocenters. The lowest BCUT2D eigenvalue weighted by Crippen LogP contribution is -2.28. The molecule has 0 radical (unpaired) electrons. The molecule has 1 saturated carbocycles. The van der Waals surface area contributed by atoms with Gasteiger partial charge < -0.3 is 14.5 Å². The number of anilines is 1. The fraction of sp³-hybridized carbons (Fsp3) is 0.333. The summed E-state index contributed by atoms with van der Waals surface area (Å²) in [6, 6.07) is 8.60. The van der Waals surface area contributed by atoms with E-state index in [4.69, 9.17) is 9.15 Å². The van der Waals surface area contributed by atoms with Gasteiger partial charge in [0.05, 0.1) is 35.3 Å². The lowest BCUT2D eigenvalue weighted by Gasteiger charge is -2.29. The number of amides is 1. The number of carbonyl (C=O) groups is 1. The first-order chi connectivity index (χ1) is 17.4. The third-order valence-electron chi connectivity index (χ3n) is 6.00. The molecular formula is C24H23F3N6O3. The molecule has 0 bridgehead atoms. The second kappa shape index (κ2) is 9.97. The van der Waals surface area contributed by atoms with Gasteiger partial charge in [-0.05, 0) is 49.9 Å². The van der Waals surface area contributed by atoms with Crippen molar-refractivity contribution in [1.29, 1.82) is 0 Å². The van der Waals surface area contributed by atoms with Gasteiger partial charge in [0.25, 0.3) is 5.91 Å². The monoisotopic (exact) mass is 500 g/mol. The van der Waals surface area contributed by atoms with Gasteiger partial charge in [-0.25, -0.2) is 0 Å². The maximum Gasteiger partial charge on any atom is 0.411 e. The average Bonchev–Trinajstić information content (AvgIpc) is 3.64. The van der Waals surface area contributed by atoms with Crippen molar-refractivity contribution in [2.75, 3.05) is 11.9 Å². The van der Waals surface area contributed by atoms with E-state index in [1.54, 1.807) is 53.7 Å². The van der Waals surface area contributed by atoms with Crippen LogP contribution in [0, 0.1) is 0 Å². The van der Waals surface area contributed by atoms with Crippen molar-refractivity contribution < 1.29 is 27.1 Å². The summed E-state index contributed by atoms with van der Waals surface area (Å²) >= 11 is 0. The average molecular weight is 500 g/mol. The molecule has 4 heterocycles. The highest BCUT2D eigenvalue weighted by atomic mass is 19.4. The van der Waals surface area contributed by atoms with Crippen LogP contribution in [0.3, 0.4) is 0 Å². The van der Waals surface area contributed by atoms with Crippen molar-refractivity contribution >= 4 is 11.6 Å². The van der Waals surface area contributed by atoms with Crippen LogP contribution in [0.15, 0.2) is 59.5 Å². The molecule has 1 fully saturated rings. The number of alkyl halides is 3. The number of ether oxygens (including phenoxy) is 1. The Balaban J connectivity index is 1.32. The summed E-state index contributed by atoms with van der Waals surface area (Å²) in [5.41, 5.74) is 2.23. The van der Waals surface area contributed by atoms with E-state index in [1.807, 2.05) is 6.07 Å². The molecule has 0 aromatic carbocycles. The number of hydrogen-bond donors (Lipinski definition) is 2. The van der Waals surface area contributed by atoms with Crippen molar-refractivity contribution in [3.05, 3.63) is 60.9 Å². The van der Waals surface area contributed by atoms with E-state index in [-0.39, 0.29) is 11.8 Å². The SMILES string of the molecule is O=C(Nc1cn([C@H]2CC[C@H](OCC(F)(F)F)CC2)nc1-c1ccccn1)c1ccc(-c2cn[nH]c2)o1. The number of H-pyrrole nitrogens is 1. The van der Waals surface area contributed by atoms with Crippen molar-refractivity contribution in [2.45, 2.75) is 44.0 Å². The Morgan fingerprint density at radius 2 is 2.03 bits per heavy atom. The summed E-state index contributed by atoms with van der Waals surface area (Å²) < 4.78 is 49.9. The number of nitrogens with zero attached hydrogens (tertiary/aromatic N) is 4. The van der Waals surface area contributed by atoms with E-state index in [0.29, 0.717) is 54.1 Å². The first-order valence-electron chi connectivity index (χ1n) is 11.4. The second-order valence-electron chi connectivity index (χ2n) is 8.55. The van der Waals surface area contributed by atoms with Gasteiger partial charge in [-0.1, -0.05) is 6.07 Å². The van der Waals surface area contributed by atoms with E-state index in [9.17, 15) is 18.0 Å². The smallest absolute Gasteiger partial charge is 0.411 e. The number of rotatable bonds is 7. The van der Waals surface area contributed by atoms with Gasteiger partial charge in [-0.2, -0.15) is 23.4 Å². The van der Waals surface area contributed by atoms with Crippen LogP contribution >= 0.6 is 0 Å². The first-order valence-corrected chi connectivity index (χ1v) is 11.4. The Morgan fingerprint density at radius 1 is 1.19 bits per heavy atom. The zero-order valence-corrected chi connectivity index (χ0v) is 19.0. The lowest BCUT2D eigenvalue weighted by molar-refractivity contribution is -0.188. The van der Waals surface area contributed by atoms with Crippen LogP contribution in [-0.2, 0) is 4.74 Å². The molecule has 5 rings (SSSR count). The van der Waals surface area contributed by atoms with E-state index >= 15 is 0 Å². The molecule has 2 N–H and O–H groups in total. The first kappa shape index (κ1) is 23.8. The van der Waals surface area contributed by atoms with Crippen LogP contribution in [0.1, 0.15) is 42.3 Å². The molecule has 1 aliphatic rings. The second-order valence-corrected chi connectivity index (χ2v) is 8.55. The van der Waals surface area contributed by atoms with Crippen molar-refractivity contribution in [3.63, 3.8) is 0 Å². The van der Waals surface area contributed by atoms with Crippen LogP contribution in [0.25, 0.3) is 22.7 Å². The minimum Gasteiger partial charge on any atom is -0.451 e. The van der Waals surface area contributed by atoms with Crippen LogP contribution in [-0.4, -0.2) is 49.8 Å². The highest BCUT2D eigenvalue weighted by molar-refractivity contribution is 6.04. The molecule has 36 heavy (non-hydrogen) atoms. The van der Waals surface area contributed by atoms with Crippen molar-refractivity contribution in [2.24, 2.45) is 0 Å². The molecule has 1 amide bonds. The van der Waals surface area contributed by atoms with Gasteiger partial charge in [-0.3, -0.25) is 19.6 Å². The van der Waals surface area contributed by atoms with Crippen LogP contribution in [0.2, 0.25) is 0 Å². The predicted molar refractivity (Wildman–Crippen MR) is 123 cm³/mol. The summed E-state index contributed by atoms with van der Waals surface area (Å²) in [5, 5.41) is 14.1. The summed E-state index contributed by atoms with van der Waals surface area (Å²) in [7, 11) is 0. The third-order valence-corrected chi connectivity index (χ3v) is 6.00. The molecule has 4 aromatic heterocycles. The number of aromatic amines is 1. The molecule has 12 heteroatoms. The van der Waals surface area contributed by atoms with Gasteiger partial charge >= 0.3 is 6.18 Å². The number of nitrogens with one attached hydrogen (secondary N) is 2. The Labute approximate surface area is 203 Å². The van der Waals surface area contributed by atoms with Gasteiger partial charge in [0.2, 0.25) is 0 Å². The third kappa shape index (κ3) is 5.48. The number of aromatic nitrogens is 5. The zero-order chi connectivity index (χ0) is 25.1. The lowest BCUT2D eigenvalue weighted by atomic mass is 9.93. The van der Waals surface area contributed by atoms with Crippen molar-refractivity contribution in [3.8, 4) is 22.7 Å². The topological polar surface area (TPSA) is 111 Å². The van der Waals surface area contributed by atoms with Gasteiger partial charge in [0.15, 0.2) is 5.76 Å². The highest BCUT2D eigenvalue weighted by Crippen LogP contribution is 2.34. The number of hydrogen-bond acceptors (Lipinski definition) is 6. The maximum absolute atomic E-state index is 13.0. The Kier molecular flexibility index (Phi) is 6.59. The Hall–Kier alpha value is -3.93. The minimum atomic E-state index is -4.34. The molecule has 0 aliphatic heterocycles. The number of carbonyl (C=O) groups excluding carboxylic acids is 1. The van der Waals surface area contributed by atoms with E-state index < -0.39 is 24.8 Å².